The molecule has 2 aromatic rings. The number of thiazole rings is 1. The standard InChI is InChI=1S/C13H11F2NOS2/c1-7-6-18-13(16-7)19-8(2)12(17)9-3-4-10(14)11(15)5-9/h3-6,8H,1-2H3. The van der Waals surface area contributed by atoms with E-state index < -0.39 is 16.9 Å². The first-order valence-corrected chi connectivity index (χ1v) is 7.31. The van der Waals surface area contributed by atoms with Gasteiger partial charge < -0.3 is 0 Å². The minimum Gasteiger partial charge on any atom is -0.293 e. The third-order valence-electron chi connectivity index (χ3n) is 2.45. The lowest BCUT2D eigenvalue weighted by atomic mass is 10.1. The van der Waals surface area contributed by atoms with E-state index in [-0.39, 0.29) is 11.3 Å². The lowest BCUT2D eigenvalue weighted by molar-refractivity contribution is 0.0993. The summed E-state index contributed by atoms with van der Waals surface area (Å²) in [7, 11) is 0. The lowest BCUT2D eigenvalue weighted by Crippen LogP contribution is -2.13. The Morgan fingerprint density at radius 2 is 2.11 bits per heavy atom. The van der Waals surface area contributed by atoms with Crippen LogP contribution in [0.4, 0.5) is 8.78 Å². The van der Waals surface area contributed by atoms with Crippen LogP contribution >= 0.6 is 23.1 Å². The summed E-state index contributed by atoms with van der Waals surface area (Å²) in [6, 6.07) is 3.19. The molecule has 1 atom stereocenters. The zero-order chi connectivity index (χ0) is 14.0. The van der Waals surface area contributed by atoms with Gasteiger partial charge in [-0.1, -0.05) is 11.8 Å². The normalized spacial score (nSPS) is 12.4. The maximum Gasteiger partial charge on any atom is 0.176 e. The molecule has 19 heavy (non-hydrogen) atoms. The number of carbonyl (C=O) groups is 1. The Kier molecular flexibility index (Phi) is 4.31. The number of nitrogens with zero attached hydrogens (tertiary/aromatic N) is 1. The number of halogens is 2. The number of ketones is 1. The largest absolute Gasteiger partial charge is 0.293 e. The fourth-order valence-corrected chi connectivity index (χ4v) is 3.54. The molecule has 0 saturated heterocycles. The second-order valence-corrected chi connectivity index (χ2v) is 6.45. The first-order valence-electron chi connectivity index (χ1n) is 5.55. The molecule has 0 amide bonds. The third kappa shape index (κ3) is 3.39. The molecule has 0 spiro atoms. The molecule has 1 unspecified atom stereocenters. The number of hydrogen-bond acceptors (Lipinski definition) is 4. The second kappa shape index (κ2) is 5.79. The van der Waals surface area contributed by atoms with Gasteiger partial charge >= 0.3 is 0 Å². The number of thioether (sulfide) groups is 1. The SMILES string of the molecule is Cc1csc(SC(C)C(=O)c2ccc(F)c(F)c2)n1. The highest BCUT2D eigenvalue weighted by Crippen LogP contribution is 2.28. The summed E-state index contributed by atoms with van der Waals surface area (Å²) >= 11 is 2.78. The van der Waals surface area contributed by atoms with Crippen LogP contribution < -0.4 is 0 Å². The van der Waals surface area contributed by atoms with Crippen molar-refractivity contribution in [3.8, 4) is 0 Å². The first kappa shape index (κ1) is 14.1. The number of benzene rings is 1. The molecule has 0 radical (unpaired) electrons. The molecular weight excluding hydrogens is 288 g/mol. The van der Waals surface area contributed by atoms with Crippen molar-refractivity contribution in [3.63, 3.8) is 0 Å². The third-order valence-corrected chi connectivity index (χ3v) is 4.64. The van der Waals surface area contributed by atoms with Crippen molar-refractivity contribution < 1.29 is 13.6 Å². The fraction of sp³-hybridized carbons (Fsp3) is 0.231. The number of rotatable bonds is 4. The van der Waals surface area contributed by atoms with E-state index in [0.717, 1.165) is 22.2 Å². The van der Waals surface area contributed by atoms with Crippen molar-refractivity contribution in [2.24, 2.45) is 0 Å². The summed E-state index contributed by atoms with van der Waals surface area (Å²) in [4.78, 5) is 16.3. The van der Waals surface area contributed by atoms with E-state index in [1.165, 1.54) is 29.2 Å². The maximum atomic E-state index is 13.1. The molecule has 0 N–H and O–H groups in total. The Labute approximate surface area is 117 Å². The van der Waals surface area contributed by atoms with Gasteiger partial charge in [-0.3, -0.25) is 4.79 Å². The van der Waals surface area contributed by atoms with Crippen LogP contribution in [-0.2, 0) is 0 Å². The number of aromatic nitrogens is 1. The van der Waals surface area contributed by atoms with Crippen LogP contribution in [0, 0.1) is 18.6 Å². The molecule has 1 aromatic carbocycles. The molecule has 0 bridgehead atoms. The van der Waals surface area contributed by atoms with Gasteiger partial charge in [-0.15, -0.1) is 11.3 Å². The van der Waals surface area contributed by atoms with E-state index in [1.807, 2.05) is 12.3 Å². The Balaban J connectivity index is 2.12. The highest BCUT2D eigenvalue weighted by atomic mass is 32.2. The van der Waals surface area contributed by atoms with E-state index in [9.17, 15) is 13.6 Å². The molecule has 0 aliphatic carbocycles. The molecule has 6 heteroatoms. The van der Waals surface area contributed by atoms with E-state index in [2.05, 4.69) is 4.98 Å². The summed E-state index contributed by atoms with van der Waals surface area (Å²) in [6.45, 7) is 3.60. The predicted octanol–water partition coefficient (Wildman–Crippen LogP) is 4.09. The number of Topliss-reactive ketones (excluding diaryl/α,β-unsaturated/α-hetero) is 1. The van der Waals surface area contributed by atoms with Gasteiger partial charge in [0.05, 0.1) is 5.25 Å². The quantitative estimate of drug-likeness (QED) is 0.629. The van der Waals surface area contributed by atoms with Gasteiger partial charge in [-0.05, 0) is 32.0 Å². The summed E-state index contributed by atoms with van der Waals surface area (Å²) < 4.78 is 26.7. The average Bonchev–Trinajstić information content (AvgIpc) is 2.77. The van der Waals surface area contributed by atoms with Gasteiger partial charge in [0, 0.05) is 16.6 Å². The van der Waals surface area contributed by atoms with E-state index in [1.54, 1.807) is 6.92 Å². The molecule has 1 heterocycles. The molecule has 2 nitrogen and oxygen atoms in total. The highest BCUT2D eigenvalue weighted by Gasteiger charge is 2.19. The van der Waals surface area contributed by atoms with E-state index >= 15 is 0 Å². The molecular formula is C13H11F2NOS2. The highest BCUT2D eigenvalue weighted by molar-refractivity contribution is 8.02. The van der Waals surface area contributed by atoms with Crippen molar-refractivity contribution in [2.45, 2.75) is 23.4 Å². The molecule has 0 aliphatic rings. The van der Waals surface area contributed by atoms with Crippen molar-refractivity contribution >= 4 is 28.9 Å². The molecule has 0 fully saturated rings. The number of hydrogen-bond donors (Lipinski definition) is 0. The lowest BCUT2D eigenvalue weighted by Gasteiger charge is -2.08. The van der Waals surface area contributed by atoms with Crippen LogP contribution in [0.2, 0.25) is 0 Å². The van der Waals surface area contributed by atoms with Crippen molar-refractivity contribution in [2.75, 3.05) is 0 Å². The summed E-state index contributed by atoms with van der Waals surface area (Å²) in [5, 5.41) is 1.51. The Morgan fingerprint density at radius 3 is 2.68 bits per heavy atom. The van der Waals surface area contributed by atoms with Crippen LogP contribution in [0.1, 0.15) is 23.0 Å². The van der Waals surface area contributed by atoms with Gasteiger partial charge in [0.2, 0.25) is 0 Å². The number of aryl methyl sites for hydroxylation is 1. The van der Waals surface area contributed by atoms with Gasteiger partial charge in [-0.25, -0.2) is 13.8 Å². The smallest absolute Gasteiger partial charge is 0.176 e. The van der Waals surface area contributed by atoms with E-state index in [4.69, 9.17) is 0 Å². The van der Waals surface area contributed by atoms with Gasteiger partial charge in [0.1, 0.15) is 0 Å². The van der Waals surface area contributed by atoms with Crippen LogP contribution in [-0.4, -0.2) is 16.0 Å². The second-order valence-electron chi connectivity index (χ2n) is 4.01. The van der Waals surface area contributed by atoms with Gasteiger partial charge in [0.15, 0.2) is 21.8 Å². The Hall–Kier alpha value is -1.27. The Morgan fingerprint density at radius 1 is 1.37 bits per heavy atom. The Bertz CT molecular complexity index is 612. The molecule has 100 valence electrons. The van der Waals surface area contributed by atoms with Crippen molar-refractivity contribution in [1.29, 1.82) is 0 Å². The van der Waals surface area contributed by atoms with Crippen LogP contribution in [0.25, 0.3) is 0 Å². The topological polar surface area (TPSA) is 30.0 Å². The number of carbonyl (C=O) groups excluding carboxylic acids is 1. The van der Waals surface area contributed by atoms with E-state index in [0.29, 0.717) is 0 Å². The predicted molar refractivity (Wildman–Crippen MR) is 72.9 cm³/mol. The monoisotopic (exact) mass is 299 g/mol. The molecule has 0 aliphatic heterocycles. The summed E-state index contributed by atoms with van der Waals surface area (Å²) in [6.07, 6.45) is 0. The van der Waals surface area contributed by atoms with Gasteiger partial charge in [0.25, 0.3) is 0 Å². The van der Waals surface area contributed by atoms with Crippen molar-refractivity contribution in [1.82, 2.24) is 4.98 Å². The summed E-state index contributed by atoms with van der Waals surface area (Å²) in [5.41, 5.74) is 1.08. The van der Waals surface area contributed by atoms with Crippen LogP contribution in [0.15, 0.2) is 27.9 Å². The zero-order valence-corrected chi connectivity index (χ0v) is 11.9. The molecule has 1 aromatic heterocycles. The maximum absolute atomic E-state index is 13.1. The minimum absolute atomic E-state index is 0.173. The van der Waals surface area contributed by atoms with Crippen molar-refractivity contribution in [3.05, 3.63) is 46.5 Å². The summed E-state index contributed by atoms with van der Waals surface area (Å²) in [5.74, 6) is -2.20. The van der Waals surface area contributed by atoms with Crippen LogP contribution in [0.3, 0.4) is 0 Å². The van der Waals surface area contributed by atoms with Gasteiger partial charge in [-0.2, -0.15) is 0 Å². The average molecular weight is 299 g/mol. The minimum atomic E-state index is -1.01. The fourth-order valence-electron chi connectivity index (χ4n) is 1.48. The first-order chi connectivity index (χ1) is 8.97. The van der Waals surface area contributed by atoms with Crippen LogP contribution in [0.5, 0.6) is 0 Å². The molecule has 2 rings (SSSR count). The zero-order valence-electron chi connectivity index (χ0n) is 10.3. The molecule has 0 saturated carbocycles.